The summed E-state index contributed by atoms with van der Waals surface area (Å²) in [6, 6.07) is 2.10. The molecule has 1 aliphatic rings. The normalized spacial score (nSPS) is 17.2. The van der Waals surface area contributed by atoms with E-state index in [0.29, 0.717) is 0 Å². The summed E-state index contributed by atoms with van der Waals surface area (Å²) in [6.07, 6.45) is 5.32. The molecule has 0 fully saturated rings. The Morgan fingerprint density at radius 1 is 1.47 bits per heavy atom. The monoisotopic (exact) mass is 234 g/mol. The highest BCUT2D eigenvalue weighted by Gasteiger charge is 2.13. The van der Waals surface area contributed by atoms with Crippen LogP contribution in [0, 0.1) is 0 Å². The van der Waals surface area contributed by atoms with Crippen LogP contribution in [-0.2, 0) is 13.1 Å². The number of hydrogen-bond acceptors (Lipinski definition) is 3. The van der Waals surface area contributed by atoms with Crippen molar-refractivity contribution in [3.05, 3.63) is 35.3 Å². The molecule has 0 saturated carbocycles. The standard InChI is InChI=1S/C14H22N2O/c1-3-15-10-14-13(6-9-17-14)11-16-7-4-12(2)5-8-16/h4,6,9,15H,3,5,7-8,10-11H2,1-2H3. The maximum absolute atomic E-state index is 5.52. The zero-order chi connectivity index (χ0) is 12.1. The van der Waals surface area contributed by atoms with Crippen molar-refractivity contribution in [3.63, 3.8) is 0 Å². The Morgan fingerprint density at radius 2 is 2.35 bits per heavy atom. The number of nitrogens with one attached hydrogen (secondary N) is 1. The van der Waals surface area contributed by atoms with Gasteiger partial charge < -0.3 is 9.73 Å². The average molecular weight is 234 g/mol. The first kappa shape index (κ1) is 12.4. The van der Waals surface area contributed by atoms with Gasteiger partial charge in [0.1, 0.15) is 5.76 Å². The van der Waals surface area contributed by atoms with Crippen molar-refractivity contribution in [2.24, 2.45) is 0 Å². The van der Waals surface area contributed by atoms with Crippen LogP contribution in [0.2, 0.25) is 0 Å². The van der Waals surface area contributed by atoms with Crippen molar-refractivity contribution in [2.45, 2.75) is 33.4 Å². The Morgan fingerprint density at radius 3 is 3.06 bits per heavy atom. The molecule has 1 aromatic rings. The summed E-state index contributed by atoms with van der Waals surface area (Å²) in [6.45, 7) is 9.37. The van der Waals surface area contributed by atoms with Crippen LogP contribution >= 0.6 is 0 Å². The summed E-state index contributed by atoms with van der Waals surface area (Å²) in [7, 11) is 0. The van der Waals surface area contributed by atoms with Crippen LogP contribution in [0.25, 0.3) is 0 Å². The molecule has 1 aromatic heterocycles. The van der Waals surface area contributed by atoms with Crippen molar-refractivity contribution < 1.29 is 4.42 Å². The molecule has 3 heteroatoms. The lowest BCUT2D eigenvalue weighted by Gasteiger charge is -2.25. The predicted octanol–water partition coefficient (Wildman–Crippen LogP) is 2.54. The lowest BCUT2D eigenvalue weighted by atomic mass is 10.1. The first-order chi connectivity index (χ1) is 8.29. The Bertz CT molecular complexity index is 381. The molecule has 0 saturated heterocycles. The SMILES string of the molecule is CCNCc1occc1CN1CC=C(C)CC1. The molecule has 2 heterocycles. The van der Waals surface area contributed by atoms with E-state index in [9.17, 15) is 0 Å². The fraction of sp³-hybridized carbons (Fsp3) is 0.571. The summed E-state index contributed by atoms with van der Waals surface area (Å²) in [4.78, 5) is 2.47. The molecule has 3 nitrogen and oxygen atoms in total. The molecule has 17 heavy (non-hydrogen) atoms. The second kappa shape index (κ2) is 6.03. The highest BCUT2D eigenvalue weighted by atomic mass is 16.3. The van der Waals surface area contributed by atoms with E-state index < -0.39 is 0 Å². The van der Waals surface area contributed by atoms with Crippen molar-refractivity contribution in [2.75, 3.05) is 19.6 Å². The quantitative estimate of drug-likeness (QED) is 0.794. The molecule has 0 bridgehead atoms. The second-order valence-corrected chi connectivity index (χ2v) is 4.68. The zero-order valence-electron chi connectivity index (χ0n) is 10.8. The number of nitrogens with zero attached hydrogens (tertiary/aromatic N) is 1. The Balaban J connectivity index is 1.92. The van der Waals surface area contributed by atoms with Crippen molar-refractivity contribution >= 4 is 0 Å². The van der Waals surface area contributed by atoms with Crippen LogP contribution in [0.1, 0.15) is 31.6 Å². The molecule has 0 radical (unpaired) electrons. The van der Waals surface area contributed by atoms with E-state index in [1.54, 1.807) is 6.26 Å². The van der Waals surface area contributed by atoms with Crippen LogP contribution in [0.4, 0.5) is 0 Å². The van der Waals surface area contributed by atoms with E-state index in [1.165, 1.54) is 17.6 Å². The third kappa shape index (κ3) is 3.45. The lowest BCUT2D eigenvalue weighted by molar-refractivity contribution is 0.283. The number of furan rings is 1. The molecule has 1 aliphatic heterocycles. The molecule has 0 unspecified atom stereocenters. The molecular formula is C14H22N2O. The highest BCUT2D eigenvalue weighted by molar-refractivity contribution is 5.17. The van der Waals surface area contributed by atoms with Gasteiger partial charge in [-0.05, 0) is 26.0 Å². The van der Waals surface area contributed by atoms with Crippen LogP contribution < -0.4 is 5.32 Å². The van der Waals surface area contributed by atoms with E-state index in [2.05, 4.69) is 36.2 Å². The van der Waals surface area contributed by atoms with Gasteiger partial charge in [0, 0.05) is 25.2 Å². The lowest BCUT2D eigenvalue weighted by Crippen LogP contribution is -2.28. The molecule has 0 aromatic carbocycles. The van der Waals surface area contributed by atoms with Crippen molar-refractivity contribution in [3.8, 4) is 0 Å². The summed E-state index contributed by atoms with van der Waals surface area (Å²) in [5, 5.41) is 3.31. The first-order valence-electron chi connectivity index (χ1n) is 6.43. The summed E-state index contributed by atoms with van der Waals surface area (Å²) >= 11 is 0. The number of rotatable bonds is 5. The van der Waals surface area contributed by atoms with Gasteiger partial charge in [0.25, 0.3) is 0 Å². The van der Waals surface area contributed by atoms with Gasteiger partial charge >= 0.3 is 0 Å². The molecule has 0 amide bonds. The maximum Gasteiger partial charge on any atom is 0.122 e. The largest absolute Gasteiger partial charge is 0.468 e. The fourth-order valence-corrected chi connectivity index (χ4v) is 2.10. The summed E-state index contributed by atoms with van der Waals surface area (Å²) in [5.41, 5.74) is 2.83. The Hall–Kier alpha value is -1.06. The van der Waals surface area contributed by atoms with Gasteiger partial charge in [-0.1, -0.05) is 18.6 Å². The molecule has 0 aliphatic carbocycles. The summed E-state index contributed by atoms with van der Waals surface area (Å²) < 4.78 is 5.52. The van der Waals surface area contributed by atoms with Gasteiger partial charge in [-0.15, -0.1) is 0 Å². The molecule has 0 atom stereocenters. The van der Waals surface area contributed by atoms with E-state index in [4.69, 9.17) is 4.42 Å². The van der Waals surface area contributed by atoms with E-state index >= 15 is 0 Å². The third-order valence-electron chi connectivity index (χ3n) is 3.29. The van der Waals surface area contributed by atoms with Crippen LogP contribution in [0.5, 0.6) is 0 Å². The number of hydrogen-bond donors (Lipinski definition) is 1. The van der Waals surface area contributed by atoms with E-state index in [1.807, 2.05) is 0 Å². The molecular weight excluding hydrogens is 212 g/mol. The van der Waals surface area contributed by atoms with E-state index in [-0.39, 0.29) is 0 Å². The van der Waals surface area contributed by atoms with Gasteiger partial charge in [0.05, 0.1) is 12.8 Å². The molecule has 0 spiro atoms. The topological polar surface area (TPSA) is 28.4 Å². The second-order valence-electron chi connectivity index (χ2n) is 4.68. The molecule has 94 valence electrons. The minimum atomic E-state index is 0.835. The van der Waals surface area contributed by atoms with Gasteiger partial charge in [0.2, 0.25) is 0 Å². The average Bonchev–Trinajstić information content (AvgIpc) is 2.77. The zero-order valence-corrected chi connectivity index (χ0v) is 10.8. The smallest absolute Gasteiger partial charge is 0.122 e. The Labute approximate surface area is 103 Å². The first-order valence-corrected chi connectivity index (χ1v) is 6.43. The van der Waals surface area contributed by atoms with Crippen LogP contribution in [-0.4, -0.2) is 24.5 Å². The molecule has 2 rings (SSSR count). The fourth-order valence-electron chi connectivity index (χ4n) is 2.10. The van der Waals surface area contributed by atoms with Gasteiger partial charge in [-0.25, -0.2) is 0 Å². The van der Waals surface area contributed by atoms with Crippen LogP contribution in [0.15, 0.2) is 28.4 Å². The van der Waals surface area contributed by atoms with Crippen molar-refractivity contribution in [1.29, 1.82) is 0 Å². The summed E-state index contributed by atoms with van der Waals surface area (Å²) in [5.74, 6) is 1.08. The minimum absolute atomic E-state index is 0.835. The maximum atomic E-state index is 5.52. The Kier molecular flexibility index (Phi) is 4.40. The van der Waals surface area contributed by atoms with Crippen LogP contribution in [0.3, 0.4) is 0 Å². The highest BCUT2D eigenvalue weighted by Crippen LogP contribution is 2.16. The third-order valence-corrected chi connectivity index (χ3v) is 3.29. The minimum Gasteiger partial charge on any atom is -0.468 e. The van der Waals surface area contributed by atoms with Gasteiger partial charge in [-0.3, -0.25) is 4.90 Å². The van der Waals surface area contributed by atoms with E-state index in [0.717, 1.165) is 38.5 Å². The molecule has 1 N–H and O–H groups in total. The predicted molar refractivity (Wildman–Crippen MR) is 69.7 cm³/mol. The van der Waals surface area contributed by atoms with Crippen molar-refractivity contribution in [1.82, 2.24) is 10.2 Å². The van der Waals surface area contributed by atoms with Gasteiger partial charge in [-0.2, -0.15) is 0 Å². The van der Waals surface area contributed by atoms with Gasteiger partial charge in [0.15, 0.2) is 0 Å².